The Morgan fingerprint density at radius 2 is 2.05 bits per heavy atom. The van der Waals surface area contributed by atoms with Crippen molar-refractivity contribution in [2.45, 2.75) is 6.18 Å². The van der Waals surface area contributed by atoms with Gasteiger partial charge >= 0.3 is 6.18 Å². The van der Waals surface area contributed by atoms with E-state index in [0.29, 0.717) is 0 Å². The number of ether oxygens (including phenoxy) is 2. The minimum Gasteiger partial charge on any atom is -0.477 e. The van der Waals surface area contributed by atoms with Crippen molar-refractivity contribution >= 4 is 11.6 Å². The van der Waals surface area contributed by atoms with Gasteiger partial charge in [-0.05, 0) is 12.1 Å². The Hall–Kier alpha value is -2.27. The molecule has 0 aliphatic rings. The Morgan fingerprint density at radius 1 is 1.35 bits per heavy atom. The zero-order valence-electron chi connectivity index (χ0n) is 10.2. The maximum Gasteiger partial charge on any atom is 0.411 e. The zero-order chi connectivity index (χ0) is 15.0. The molecule has 0 heterocycles. The van der Waals surface area contributed by atoms with Gasteiger partial charge in [-0.25, -0.2) is 0 Å². The highest BCUT2D eigenvalue weighted by atomic mass is 19.4. The van der Waals surface area contributed by atoms with Gasteiger partial charge in [-0.1, -0.05) is 12.1 Å². The summed E-state index contributed by atoms with van der Waals surface area (Å²) in [4.78, 5) is 11.4. The van der Waals surface area contributed by atoms with Crippen LogP contribution in [0.25, 0.3) is 0 Å². The van der Waals surface area contributed by atoms with Gasteiger partial charge in [0.15, 0.2) is 6.61 Å². The number of nitriles is 1. The highest BCUT2D eigenvalue weighted by molar-refractivity contribution is 5.93. The summed E-state index contributed by atoms with van der Waals surface area (Å²) < 4.78 is 44.8. The van der Waals surface area contributed by atoms with Crippen molar-refractivity contribution in [3.05, 3.63) is 24.3 Å². The first-order valence-electron chi connectivity index (χ1n) is 5.45. The number of alkyl halides is 3. The van der Waals surface area contributed by atoms with Crippen LogP contribution < -0.4 is 10.1 Å². The van der Waals surface area contributed by atoms with Gasteiger partial charge in [0, 0.05) is 0 Å². The smallest absolute Gasteiger partial charge is 0.411 e. The number of para-hydroxylation sites is 2. The van der Waals surface area contributed by atoms with Crippen LogP contribution in [0.4, 0.5) is 18.9 Å². The normalized spacial score (nSPS) is 10.7. The van der Waals surface area contributed by atoms with E-state index in [1.807, 2.05) is 0 Å². The topological polar surface area (TPSA) is 71.3 Å². The lowest BCUT2D eigenvalue weighted by molar-refractivity contribution is -0.174. The van der Waals surface area contributed by atoms with Crippen LogP contribution in [-0.4, -0.2) is 31.9 Å². The molecule has 0 saturated carbocycles. The first-order chi connectivity index (χ1) is 9.42. The fourth-order valence-corrected chi connectivity index (χ4v) is 1.25. The van der Waals surface area contributed by atoms with Crippen molar-refractivity contribution < 1.29 is 27.4 Å². The lowest BCUT2D eigenvalue weighted by atomic mass is 10.3. The molecule has 0 unspecified atom stereocenters. The SMILES string of the molecule is N#CCOc1ccccc1NC(=O)COCC(F)(F)F. The van der Waals surface area contributed by atoms with E-state index in [-0.39, 0.29) is 18.0 Å². The number of rotatable bonds is 6. The predicted octanol–water partition coefficient (Wildman–Crippen LogP) is 2.11. The van der Waals surface area contributed by atoms with Gasteiger partial charge in [-0.3, -0.25) is 4.79 Å². The average molecular weight is 288 g/mol. The van der Waals surface area contributed by atoms with Gasteiger partial charge in [0.05, 0.1) is 5.69 Å². The third kappa shape index (κ3) is 6.06. The van der Waals surface area contributed by atoms with Crippen LogP contribution in [-0.2, 0) is 9.53 Å². The van der Waals surface area contributed by atoms with E-state index < -0.39 is 25.3 Å². The van der Waals surface area contributed by atoms with E-state index in [1.54, 1.807) is 18.2 Å². The summed E-state index contributed by atoms with van der Waals surface area (Å²) in [5.41, 5.74) is 0.253. The van der Waals surface area contributed by atoms with Crippen LogP contribution in [0.3, 0.4) is 0 Å². The summed E-state index contributed by atoms with van der Waals surface area (Å²) in [5, 5.41) is 10.7. The van der Waals surface area contributed by atoms with Gasteiger partial charge in [-0.2, -0.15) is 18.4 Å². The van der Waals surface area contributed by atoms with Crippen molar-refractivity contribution in [2.24, 2.45) is 0 Å². The third-order valence-electron chi connectivity index (χ3n) is 1.95. The lowest BCUT2D eigenvalue weighted by Crippen LogP contribution is -2.24. The molecular weight excluding hydrogens is 277 g/mol. The predicted molar refractivity (Wildman–Crippen MR) is 63.1 cm³/mol. The van der Waals surface area contributed by atoms with Crippen LogP contribution in [0.15, 0.2) is 24.3 Å². The van der Waals surface area contributed by atoms with E-state index in [9.17, 15) is 18.0 Å². The Balaban J connectivity index is 2.51. The summed E-state index contributed by atoms with van der Waals surface area (Å²) in [6, 6.07) is 8.00. The molecule has 0 saturated heterocycles. The number of hydrogen-bond donors (Lipinski definition) is 1. The third-order valence-corrected chi connectivity index (χ3v) is 1.95. The van der Waals surface area contributed by atoms with E-state index in [4.69, 9.17) is 10.00 Å². The molecule has 0 bridgehead atoms. The summed E-state index contributed by atoms with van der Waals surface area (Å²) in [7, 11) is 0. The molecule has 0 atom stereocenters. The number of carbonyl (C=O) groups excluding carboxylic acids is 1. The molecule has 1 amide bonds. The first-order valence-corrected chi connectivity index (χ1v) is 5.45. The number of halogens is 3. The molecule has 0 radical (unpaired) electrons. The maximum atomic E-state index is 11.8. The average Bonchev–Trinajstić information content (AvgIpc) is 2.36. The fraction of sp³-hybridized carbons (Fsp3) is 0.333. The lowest BCUT2D eigenvalue weighted by Gasteiger charge is -2.11. The molecule has 5 nitrogen and oxygen atoms in total. The van der Waals surface area contributed by atoms with Crippen molar-refractivity contribution in [2.75, 3.05) is 25.1 Å². The van der Waals surface area contributed by atoms with Crippen LogP contribution >= 0.6 is 0 Å². The molecule has 0 fully saturated rings. The van der Waals surface area contributed by atoms with Crippen molar-refractivity contribution in [1.29, 1.82) is 5.26 Å². The number of nitrogens with zero attached hydrogens (tertiary/aromatic N) is 1. The Labute approximate surface area is 112 Å². The maximum absolute atomic E-state index is 11.8. The van der Waals surface area contributed by atoms with Crippen LogP contribution in [0.2, 0.25) is 0 Å². The monoisotopic (exact) mass is 288 g/mol. The molecule has 1 aromatic carbocycles. The van der Waals surface area contributed by atoms with Crippen molar-refractivity contribution in [3.63, 3.8) is 0 Å². The molecular formula is C12H11F3N2O3. The van der Waals surface area contributed by atoms with E-state index in [2.05, 4.69) is 10.1 Å². The molecule has 0 aliphatic carbocycles. The number of amides is 1. The Kier molecular flexibility index (Phi) is 5.80. The molecule has 1 rings (SSSR count). The Morgan fingerprint density at radius 3 is 2.70 bits per heavy atom. The number of anilines is 1. The highest BCUT2D eigenvalue weighted by Gasteiger charge is 2.27. The largest absolute Gasteiger partial charge is 0.477 e. The van der Waals surface area contributed by atoms with Gasteiger partial charge in [0.2, 0.25) is 5.91 Å². The standard InChI is InChI=1S/C12H11F3N2O3/c13-12(14,15)8-19-7-11(18)17-9-3-1-2-4-10(9)20-6-5-16/h1-4H,6-8H2,(H,17,18). The van der Waals surface area contributed by atoms with Gasteiger partial charge in [0.25, 0.3) is 0 Å². The number of carbonyl (C=O) groups is 1. The van der Waals surface area contributed by atoms with Gasteiger partial charge < -0.3 is 14.8 Å². The number of benzene rings is 1. The van der Waals surface area contributed by atoms with Crippen LogP contribution in [0, 0.1) is 11.3 Å². The van der Waals surface area contributed by atoms with Crippen LogP contribution in [0.5, 0.6) is 5.75 Å². The Bertz CT molecular complexity index is 497. The second kappa shape index (κ2) is 7.35. The van der Waals surface area contributed by atoms with Crippen molar-refractivity contribution in [3.8, 4) is 11.8 Å². The summed E-state index contributed by atoms with van der Waals surface area (Å²) in [6.45, 7) is -2.43. The summed E-state index contributed by atoms with van der Waals surface area (Å²) >= 11 is 0. The minimum absolute atomic E-state index is 0.211. The van der Waals surface area contributed by atoms with Gasteiger partial charge in [-0.15, -0.1) is 0 Å². The van der Waals surface area contributed by atoms with E-state index in [0.717, 1.165) is 0 Å². The molecule has 1 N–H and O–H groups in total. The summed E-state index contributed by atoms with van der Waals surface area (Å²) in [5.74, 6) is -0.500. The molecule has 0 spiro atoms. The van der Waals surface area contributed by atoms with Crippen LogP contribution in [0.1, 0.15) is 0 Å². The quantitative estimate of drug-likeness (QED) is 0.870. The fourth-order valence-electron chi connectivity index (χ4n) is 1.25. The van der Waals surface area contributed by atoms with E-state index in [1.165, 1.54) is 12.1 Å². The minimum atomic E-state index is -4.48. The highest BCUT2D eigenvalue weighted by Crippen LogP contribution is 2.23. The molecule has 8 heteroatoms. The first kappa shape index (κ1) is 15.8. The summed E-state index contributed by atoms with van der Waals surface area (Å²) in [6.07, 6.45) is -4.48. The van der Waals surface area contributed by atoms with Crippen molar-refractivity contribution in [1.82, 2.24) is 0 Å². The second-order valence-electron chi connectivity index (χ2n) is 3.60. The number of nitrogens with one attached hydrogen (secondary N) is 1. The molecule has 0 aromatic heterocycles. The van der Waals surface area contributed by atoms with E-state index >= 15 is 0 Å². The second-order valence-corrected chi connectivity index (χ2v) is 3.60. The number of hydrogen-bond acceptors (Lipinski definition) is 4. The molecule has 1 aromatic rings. The molecule has 0 aliphatic heterocycles. The zero-order valence-corrected chi connectivity index (χ0v) is 10.2. The molecule has 108 valence electrons. The van der Waals surface area contributed by atoms with Gasteiger partial charge in [0.1, 0.15) is 25.0 Å². The molecule has 20 heavy (non-hydrogen) atoms.